The zero-order valence-electron chi connectivity index (χ0n) is 14.5. The summed E-state index contributed by atoms with van der Waals surface area (Å²) in [6.45, 7) is 9.88. The molecule has 1 aromatic rings. The van der Waals surface area contributed by atoms with Gasteiger partial charge in [0.25, 0.3) is 0 Å². The molecule has 1 aliphatic carbocycles. The quantitative estimate of drug-likeness (QED) is 0.738. The summed E-state index contributed by atoms with van der Waals surface area (Å²) in [4.78, 5) is 2.78. The van der Waals surface area contributed by atoms with Gasteiger partial charge in [-0.1, -0.05) is 63.3 Å². The van der Waals surface area contributed by atoms with E-state index >= 15 is 0 Å². The molecule has 2 fully saturated rings. The summed E-state index contributed by atoms with van der Waals surface area (Å²) in [6.07, 6.45) is 10.3. The van der Waals surface area contributed by atoms with Crippen LogP contribution in [-0.4, -0.2) is 24.0 Å². The highest BCUT2D eigenvalue weighted by Crippen LogP contribution is 2.41. The molecule has 1 aliphatic heterocycles. The second-order valence-corrected chi connectivity index (χ2v) is 8.26. The standard InChI is InChI=1S/C21H31N/c1-17-16-22(20-11-13-21(2,3)15-20)14-12-19(17)10-9-18-7-5-4-6-8-18/h4-10,17,19-20H,11-16H2,1-3H3/b10-9-/t17-,19+,20?/m0/s1. The molecular weight excluding hydrogens is 266 g/mol. The van der Waals surface area contributed by atoms with Crippen LogP contribution in [0.1, 0.15) is 52.0 Å². The molecule has 1 saturated heterocycles. The van der Waals surface area contributed by atoms with Crippen LogP contribution in [0, 0.1) is 17.3 Å². The fourth-order valence-corrected chi connectivity index (χ4v) is 4.32. The van der Waals surface area contributed by atoms with Gasteiger partial charge >= 0.3 is 0 Å². The predicted molar refractivity (Wildman–Crippen MR) is 95.7 cm³/mol. The van der Waals surface area contributed by atoms with Crippen molar-refractivity contribution in [1.29, 1.82) is 0 Å². The van der Waals surface area contributed by atoms with Crippen molar-refractivity contribution in [3.8, 4) is 0 Å². The molecule has 1 heteroatoms. The van der Waals surface area contributed by atoms with E-state index in [0.29, 0.717) is 5.41 Å². The smallest absolute Gasteiger partial charge is 0.0101 e. The molecule has 1 nitrogen and oxygen atoms in total. The number of hydrogen-bond acceptors (Lipinski definition) is 1. The number of benzene rings is 1. The first-order valence-electron chi connectivity index (χ1n) is 9.01. The highest BCUT2D eigenvalue weighted by atomic mass is 15.2. The third kappa shape index (κ3) is 3.81. The Hall–Kier alpha value is -1.08. The summed E-state index contributed by atoms with van der Waals surface area (Å²) in [5, 5.41) is 0. The molecule has 0 aromatic heterocycles. The van der Waals surface area contributed by atoms with Crippen molar-refractivity contribution in [2.45, 2.75) is 52.5 Å². The maximum Gasteiger partial charge on any atom is 0.0101 e. The van der Waals surface area contributed by atoms with Gasteiger partial charge in [-0.15, -0.1) is 0 Å². The Morgan fingerprint density at radius 3 is 2.55 bits per heavy atom. The van der Waals surface area contributed by atoms with Crippen molar-refractivity contribution in [3.63, 3.8) is 0 Å². The van der Waals surface area contributed by atoms with Crippen molar-refractivity contribution < 1.29 is 0 Å². The van der Waals surface area contributed by atoms with Crippen LogP contribution < -0.4 is 0 Å². The first kappa shape index (κ1) is 15.8. The van der Waals surface area contributed by atoms with Gasteiger partial charge in [-0.3, -0.25) is 0 Å². The zero-order valence-corrected chi connectivity index (χ0v) is 14.5. The number of likely N-dealkylation sites (tertiary alicyclic amines) is 1. The first-order valence-corrected chi connectivity index (χ1v) is 9.01. The average molecular weight is 297 g/mol. The largest absolute Gasteiger partial charge is 0.300 e. The second kappa shape index (κ2) is 6.58. The van der Waals surface area contributed by atoms with E-state index in [1.54, 1.807) is 0 Å². The summed E-state index contributed by atoms with van der Waals surface area (Å²) in [7, 11) is 0. The molecule has 0 spiro atoms. The molecule has 1 aromatic carbocycles. The van der Waals surface area contributed by atoms with Crippen LogP contribution in [0.25, 0.3) is 6.08 Å². The van der Waals surface area contributed by atoms with E-state index in [-0.39, 0.29) is 0 Å². The van der Waals surface area contributed by atoms with E-state index in [0.717, 1.165) is 17.9 Å². The monoisotopic (exact) mass is 297 g/mol. The number of allylic oxidation sites excluding steroid dienone is 1. The summed E-state index contributed by atoms with van der Waals surface area (Å²) in [6, 6.07) is 11.5. The Morgan fingerprint density at radius 1 is 1.14 bits per heavy atom. The van der Waals surface area contributed by atoms with Gasteiger partial charge in [0.2, 0.25) is 0 Å². The molecule has 120 valence electrons. The normalized spacial score (nSPS) is 32.6. The van der Waals surface area contributed by atoms with Crippen molar-refractivity contribution in [1.82, 2.24) is 4.90 Å². The van der Waals surface area contributed by atoms with Crippen LogP contribution in [0.15, 0.2) is 36.4 Å². The highest BCUT2D eigenvalue weighted by molar-refractivity contribution is 5.49. The lowest BCUT2D eigenvalue weighted by Crippen LogP contribution is -2.44. The first-order chi connectivity index (χ1) is 10.5. The minimum Gasteiger partial charge on any atom is -0.300 e. The minimum atomic E-state index is 0.567. The van der Waals surface area contributed by atoms with Gasteiger partial charge in [0.05, 0.1) is 0 Å². The number of nitrogens with zero attached hydrogens (tertiary/aromatic N) is 1. The molecule has 0 radical (unpaired) electrons. The molecule has 1 unspecified atom stereocenters. The van der Waals surface area contributed by atoms with Gasteiger partial charge in [-0.25, -0.2) is 0 Å². The van der Waals surface area contributed by atoms with Gasteiger partial charge in [-0.05, 0) is 55.0 Å². The van der Waals surface area contributed by atoms with Gasteiger partial charge in [0.15, 0.2) is 0 Å². The van der Waals surface area contributed by atoms with Crippen LogP contribution >= 0.6 is 0 Å². The molecule has 2 aliphatic rings. The van der Waals surface area contributed by atoms with E-state index in [2.05, 4.69) is 68.2 Å². The molecule has 1 saturated carbocycles. The fourth-order valence-electron chi connectivity index (χ4n) is 4.32. The van der Waals surface area contributed by atoms with Crippen LogP contribution in [0.2, 0.25) is 0 Å². The summed E-state index contributed by atoms with van der Waals surface area (Å²) >= 11 is 0. The maximum atomic E-state index is 2.78. The van der Waals surface area contributed by atoms with Gasteiger partial charge in [-0.2, -0.15) is 0 Å². The van der Waals surface area contributed by atoms with E-state index in [1.807, 2.05) is 0 Å². The molecule has 0 bridgehead atoms. The van der Waals surface area contributed by atoms with E-state index in [9.17, 15) is 0 Å². The fraction of sp³-hybridized carbons (Fsp3) is 0.619. The van der Waals surface area contributed by atoms with E-state index in [1.165, 1.54) is 44.3 Å². The van der Waals surface area contributed by atoms with E-state index < -0.39 is 0 Å². The van der Waals surface area contributed by atoms with Crippen LogP contribution in [-0.2, 0) is 0 Å². The molecular formula is C21H31N. The zero-order chi connectivity index (χ0) is 15.6. The van der Waals surface area contributed by atoms with Crippen molar-refractivity contribution >= 4 is 6.08 Å². The van der Waals surface area contributed by atoms with Crippen LogP contribution in [0.3, 0.4) is 0 Å². The van der Waals surface area contributed by atoms with Crippen molar-refractivity contribution in [2.75, 3.05) is 13.1 Å². The Kier molecular flexibility index (Phi) is 4.73. The summed E-state index contributed by atoms with van der Waals surface area (Å²) < 4.78 is 0. The number of rotatable bonds is 3. The lowest BCUT2D eigenvalue weighted by molar-refractivity contribution is 0.102. The summed E-state index contributed by atoms with van der Waals surface area (Å²) in [5.74, 6) is 1.52. The van der Waals surface area contributed by atoms with E-state index in [4.69, 9.17) is 0 Å². The van der Waals surface area contributed by atoms with Gasteiger partial charge in [0, 0.05) is 12.6 Å². The SMILES string of the molecule is C[C@H]1CN(C2CCC(C)(C)C2)CC[C@H]1/C=C\c1ccccc1. The molecule has 3 rings (SSSR count). The average Bonchev–Trinajstić information content (AvgIpc) is 2.87. The Morgan fingerprint density at radius 2 is 1.91 bits per heavy atom. The van der Waals surface area contributed by atoms with Gasteiger partial charge < -0.3 is 4.90 Å². The highest BCUT2D eigenvalue weighted by Gasteiger charge is 2.36. The van der Waals surface area contributed by atoms with Gasteiger partial charge in [0.1, 0.15) is 0 Å². The molecule has 0 N–H and O–H groups in total. The van der Waals surface area contributed by atoms with Crippen molar-refractivity contribution in [3.05, 3.63) is 42.0 Å². The molecule has 0 amide bonds. The molecule has 22 heavy (non-hydrogen) atoms. The third-order valence-corrected chi connectivity index (χ3v) is 5.80. The lowest BCUT2D eigenvalue weighted by atomic mass is 9.85. The Balaban J connectivity index is 1.55. The Labute approximate surface area is 136 Å². The van der Waals surface area contributed by atoms with Crippen LogP contribution in [0.5, 0.6) is 0 Å². The van der Waals surface area contributed by atoms with Crippen molar-refractivity contribution in [2.24, 2.45) is 17.3 Å². The summed E-state index contributed by atoms with van der Waals surface area (Å²) in [5.41, 5.74) is 1.90. The molecule has 1 heterocycles. The predicted octanol–water partition coefficient (Wildman–Crippen LogP) is 5.24. The lowest BCUT2D eigenvalue weighted by Gasteiger charge is -2.39. The Bertz CT molecular complexity index is 502. The second-order valence-electron chi connectivity index (χ2n) is 8.26. The topological polar surface area (TPSA) is 3.24 Å². The number of piperidine rings is 1. The minimum absolute atomic E-state index is 0.567. The van der Waals surface area contributed by atoms with Crippen LogP contribution in [0.4, 0.5) is 0 Å². The molecule has 3 atom stereocenters. The number of hydrogen-bond donors (Lipinski definition) is 0. The maximum absolute atomic E-state index is 2.78. The third-order valence-electron chi connectivity index (χ3n) is 5.80.